The van der Waals surface area contributed by atoms with Gasteiger partial charge in [-0.1, -0.05) is 19.8 Å². The van der Waals surface area contributed by atoms with Gasteiger partial charge in [0.1, 0.15) is 11.6 Å². The second kappa shape index (κ2) is 6.05. The Morgan fingerprint density at radius 2 is 2.19 bits per heavy atom. The maximum atomic E-state index is 10.8. The fraction of sp³-hybridized carbons (Fsp3) is 0.875. The van der Waals surface area contributed by atoms with Crippen molar-refractivity contribution >= 4 is 0 Å². The third kappa shape index (κ3) is 3.14. The summed E-state index contributed by atoms with van der Waals surface area (Å²) in [6.45, 7) is 6.06. The van der Waals surface area contributed by atoms with E-state index in [9.17, 15) is 5.11 Å². The minimum absolute atomic E-state index is 0.405. The second-order valence-corrected chi connectivity index (χ2v) is 6.94. The van der Waals surface area contributed by atoms with Crippen LogP contribution in [-0.2, 0) is 13.0 Å². The fourth-order valence-corrected chi connectivity index (χ4v) is 4.21. The third-order valence-electron chi connectivity index (χ3n) is 5.37. The van der Waals surface area contributed by atoms with Crippen LogP contribution in [0, 0.1) is 5.92 Å². The van der Waals surface area contributed by atoms with Crippen LogP contribution in [0.25, 0.3) is 0 Å². The monoisotopic (exact) mass is 292 g/mol. The summed E-state index contributed by atoms with van der Waals surface area (Å²) < 4.78 is 0. The highest BCUT2D eigenvalue weighted by Crippen LogP contribution is 2.40. The molecule has 0 radical (unpaired) electrons. The molecule has 2 N–H and O–H groups in total. The fourth-order valence-electron chi connectivity index (χ4n) is 4.21. The van der Waals surface area contributed by atoms with Gasteiger partial charge in [-0.2, -0.15) is 5.10 Å². The SMILES string of the molecule is CCc1n[nH]c(CN2CCCC2C2CCCCC2(C)O)n1. The van der Waals surface area contributed by atoms with Crippen LogP contribution in [0.15, 0.2) is 0 Å². The first-order valence-corrected chi connectivity index (χ1v) is 8.46. The first-order valence-electron chi connectivity index (χ1n) is 8.46. The van der Waals surface area contributed by atoms with E-state index in [0.29, 0.717) is 12.0 Å². The van der Waals surface area contributed by atoms with Gasteiger partial charge in [0.2, 0.25) is 0 Å². The van der Waals surface area contributed by atoms with Crippen LogP contribution < -0.4 is 0 Å². The summed E-state index contributed by atoms with van der Waals surface area (Å²) in [5.41, 5.74) is -0.499. The maximum Gasteiger partial charge on any atom is 0.150 e. The Labute approximate surface area is 127 Å². The number of aromatic nitrogens is 3. The molecular weight excluding hydrogens is 264 g/mol. The Morgan fingerprint density at radius 1 is 1.33 bits per heavy atom. The van der Waals surface area contributed by atoms with Crippen molar-refractivity contribution in [3.05, 3.63) is 11.6 Å². The van der Waals surface area contributed by atoms with Crippen molar-refractivity contribution < 1.29 is 5.11 Å². The molecule has 2 fully saturated rings. The Morgan fingerprint density at radius 3 is 2.90 bits per heavy atom. The van der Waals surface area contributed by atoms with Crippen LogP contribution in [0.4, 0.5) is 0 Å². The van der Waals surface area contributed by atoms with Crippen molar-refractivity contribution in [2.75, 3.05) is 6.54 Å². The van der Waals surface area contributed by atoms with E-state index < -0.39 is 5.60 Å². The van der Waals surface area contributed by atoms with Crippen molar-refractivity contribution in [2.45, 2.75) is 77.0 Å². The lowest BCUT2D eigenvalue weighted by Gasteiger charge is -2.43. The van der Waals surface area contributed by atoms with Gasteiger partial charge in [-0.15, -0.1) is 0 Å². The van der Waals surface area contributed by atoms with Gasteiger partial charge in [0.05, 0.1) is 12.1 Å². The number of nitrogens with one attached hydrogen (secondary N) is 1. The molecule has 1 aliphatic carbocycles. The molecule has 1 saturated carbocycles. The highest BCUT2D eigenvalue weighted by Gasteiger charge is 2.43. The summed E-state index contributed by atoms with van der Waals surface area (Å²) in [5.74, 6) is 2.27. The summed E-state index contributed by atoms with van der Waals surface area (Å²) in [5, 5.41) is 18.1. The van der Waals surface area contributed by atoms with Crippen LogP contribution in [-0.4, -0.2) is 43.4 Å². The zero-order chi connectivity index (χ0) is 14.9. The molecule has 3 atom stereocenters. The lowest BCUT2D eigenvalue weighted by atomic mass is 9.72. The molecular formula is C16H28N4O. The lowest BCUT2D eigenvalue weighted by molar-refractivity contribution is -0.0631. The van der Waals surface area contributed by atoms with Gasteiger partial charge < -0.3 is 5.11 Å². The molecule has 118 valence electrons. The Kier molecular flexibility index (Phi) is 4.31. The first-order chi connectivity index (χ1) is 10.1. The molecule has 5 nitrogen and oxygen atoms in total. The zero-order valence-corrected chi connectivity index (χ0v) is 13.3. The van der Waals surface area contributed by atoms with Crippen molar-refractivity contribution in [1.29, 1.82) is 0 Å². The predicted octanol–water partition coefficient (Wildman–Crippen LogP) is 2.27. The molecule has 1 aromatic heterocycles. The standard InChI is InChI=1S/C16H28N4O/c1-3-14-17-15(19-18-14)11-20-10-6-8-13(20)12-7-4-5-9-16(12,2)21/h12-13,21H,3-11H2,1-2H3,(H,17,18,19). The smallest absolute Gasteiger partial charge is 0.150 e. The summed E-state index contributed by atoms with van der Waals surface area (Å²) in [6, 6.07) is 0.496. The van der Waals surface area contributed by atoms with Gasteiger partial charge in [0.15, 0.2) is 0 Å². The molecule has 1 aliphatic heterocycles. The average Bonchev–Trinajstić information content (AvgIpc) is 3.08. The number of hydrogen-bond acceptors (Lipinski definition) is 4. The molecule has 21 heavy (non-hydrogen) atoms. The van der Waals surface area contributed by atoms with Crippen molar-refractivity contribution in [2.24, 2.45) is 5.92 Å². The summed E-state index contributed by atoms with van der Waals surface area (Å²) >= 11 is 0. The van der Waals surface area contributed by atoms with Gasteiger partial charge in [-0.05, 0) is 39.2 Å². The Bertz CT molecular complexity index is 471. The maximum absolute atomic E-state index is 10.8. The molecule has 0 spiro atoms. The Balaban J connectivity index is 1.70. The first kappa shape index (κ1) is 15.0. The van der Waals surface area contributed by atoms with Gasteiger partial charge in [-0.25, -0.2) is 4.98 Å². The quantitative estimate of drug-likeness (QED) is 0.893. The van der Waals surface area contributed by atoms with E-state index in [1.54, 1.807) is 0 Å². The van der Waals surface area contributed by atoms with Crippen molar-refractivity contribution in [3.8, 4) is 0 Å². The normalized spacial score (nSPS) is 34.4. The van der Waals surface area contributed by atoms with Crippen LogP contribution >= 0.6 is 0 Å². The van der Waals surface area contributed by atoms with Gasteiger partial charge in [0.25, 0.3) is 0 Å². The Hall–Kier alpha value is -0.940. The van der Waals surface area contributed by atoms with E-state index >= 15 is 0 Å². The van der Waals surface area contributed by atoms with Gasteiger partial charge >= 0.3 is 0 Å². The van der Waals surface area contributed by atoms with E-state index in [1.807, 2.05) is 6.92 Å². The number of nitrogens with zero attached hydrogens (tertiary/aromatic N) is 3. The molecule has 0 aromatic carbocycles. The van der Waals surface area contributed by atoms with Crippen LogP contribution in [0.1, 0.15) is 64.0 Å². The van der Waals surface area contributed by atoms with Crippen LogP contribution in [0.5, 0.6) is 0 Å². The van der Waals surface area contributed by atoms with Gasteiger partial charge in [-0.3, -0.25) is 10.00 Å². The predicted molar refractivity (Wildman–Crippen MR) is 81.8 cm³/mol. The summed E-state index contributed by atoms with van der Waals surface area (Å²) in [4.78, 5) is 7.04. The van der Waals surface area contributed by atoms with Crippen LogP contribution in [0.3, 0.4) is 0 Å². The van der Waals surface area contributed by atoms with E-state index in [2.05, 4.69) is 27.0 Å². The molecule has 5 heteroatoms. The van der Waals surface area contributed by atoms with Gasteiger partial charge in [0, 0.05) is 18.4 Å². The van der Waals surface area contributed by atoms with E-state index in [1.165, 1.54) is 19.3 Å². The molecule has 1 saturated heterocycles. The van der Waals surface area contributed by atoms with E-state index in [0.717, 1.165) is 50.4 Å². The molecule has 1 aromatic rings. The topological polar surface area (TPSA) is 65.0 Å². The van der Waals surface area contributed by atoms with E-state index in [-0.39, 0.29) is 0 Å². The second-order valence-electron chi connectivity index (χ2n) is 6.94. The molecule has 0 amide bonds. The van der Waals surface area contributed by atoms with E-state index in [4.69, 9.17) is 0 Å². The van der Waals surface area contributed by atoms with Crippen molar-refractivity contribution in [1.82, 2.24) is 20.1 Å². The number of rotatable bonds is 4. The minimum atomic E-state index is -0.499. The molecule has 2 aliphatic rings. The summed E-state index contributed by atoms with van der Waals surface area (Å²) in [7, 11) is 0. The average molecular weight is 292 g/mol. The number of aromatic amines is 1. The number of hydrogen-bond donors (Lipinski definition) is 2. The summed E-state index contributed by atoms with van der Waals surface area (Å²) in [6.07, 6.45) is 7.83. The lowest BCUT2D eigenvalue weighted by Crippen LogP contribution is -2.48. The number of H-pyrrole nitrogens is 1. The van der Waals surface area contributed by atoms with Crippen molar-refractivity contribution in [3.63, 3.8) is 0 Å². The molecule has 3 rings (SSSR count). The number of likely N-dealkylation sites (tertiary alicyclic amines) is 1. The van der Waals surface area contributed by atoms with Crippen LogP contribution in [0.2, 0.25) is 0 Å². The largest absolute Gasteiger partial charge is 0.390 e. The molecule has 2 heterocycles. The zero-order valence-electron chi connectivity index (χ0n) is 13.3. The number of aliphatic hydroxyl groups is 1. The number of aryl methyl sites for hydroxylation is 1. The third-order valence-corrected chi connectivity index (χ3v) is 5.37. The molecule has 0 bridgehead atoms. The highest BCUT2D eigenvalue weighted by molar-refractivity contribution is 4.98. The molecule has 3 unspecified atom stereocenters. The highest BCUT2D eigenvalue weighted by atomic mass is 16.3. The minimum Gasteiger partial charge on any atom is -0.390 e.